The lowest BCUT2D eigenvalue weighted by molar-refractivity contribution is 0.0780. The number of likely N-dealkylation sites (tertiary alicyclic amines) is 1. The van der Waals surface area contributed by atoms with Crippen LogP contribution in [0.2, 0.25) is 0 Å². The van der Waals surface area contributed by atoms with Crippen LogP contribution in [0.5, 0.6) is 5.75 Å². The second-order valence-electron chi connectivity index (χ2n) is 5.73. The van der Waals surface area contributed by atoms with E-state index in [-0.39, 0.29) is 5.91 Å². The molecule has 1 aromatic carbocycles. The summed E-state index contributed by atoms with van der Waals surface area (Å²) in [5.74, 6) is 1.37. The van der Waals surface area contributed by atoms with Crippen molar-refractivity contribution in [2.75, 3.05) is 26.7 Å². The quantitative estimate of drug-likeness (QED) is 0.895. The Morgan fingerprint density at radius 1 is 1.30 bits per heavy atom. The van der Waals surface area contributed by atoms with Gasteiger partial charge in [0.05, 0.1) is 12.7 Å². The van der Waals surface area contributed by atoms with Gasteiger partial charge in [-0.05, 0) is 37.4 Å². The molecule has 0 spiro atoms. The zero-order chi connectivity index (χ0) is 13.9. The van der Waals surface area contributed by atoms with E-state index in [1.165, 1.54) is 19.3 Å². The van der Waals surface area contributed by atoms with Crippen LogP contribution in [0.25, 0.3) is 0 Å². The molecule has 0 bridgehead atoms. The molecule has 1 N–H and O–H groups in total. The average molecular weight is 274 g/mol. The molecule has 0 saturated carbocycles. The summed E-state index contributed by atoms with van der Waals surface area (Å²) >= 11 is 0. The number of para-hydroxylation sites is 1. The molecule has 3 rings (SSSR count). The van der Waals surface area contributed by atoms with E-state index in [1.807, 2.05) is 29.2 Å². The summed E-state index contributed by atoms with van der Waals surface area (Å²) < 4.78 is 5.30. The molecule has 0 radical (unpaired) electrons. The van der Waals surface area contributed by atoms with E-state index in [4.69, 9.17) is 4.74 Å². The van der Waals surface area contributed by atoms with E-state index in [0.717, 1.165) is 19.6 Å². The minimum absolute atomic E-state index is 0.0947. The van der Waals surface area contributed by atoms with Crippen molar-refractivity contribution < 1.29 is 9.53 Å². The molecule has 2 heterocycles. The Hall–Kier alpha value is -1.55. The maximum atomic E-state index is 12.7. The number of ether oxygens (including phenoxy) is 1. The van der Waals surface area contributed by atoms with Gasteiger partial charge in [0.25, 0.3) is 5.91 Å². The van der Waals surface area contributed by atoms with Crippen LogP contribution in [0.15, 0.2) is 24.3 Å². The zero-order valence-electron chi connectivity index (χ0n) is 12.0. The highest BCUT2D eigenvalue weighted by molar-refractivity contribution is 5.97. The lowest BCUT2D eigenvalue weighted by Crippen LogP contribution is -2.36. The Labute approximate surface area is 120 Å². The zero-order valence-corrected chi connectivity index (χ0v) is 12.0. The molecule has 2 atom stereocenters. The summed E-state index contributed by atoms with van der Waals surface area (Å²) in [5.41, 5.74) is 0.673. The van der Waals surface area contributed by atoms with Gasteiger partial charge in [0.1, 0.15) is 5.75 Å². The van der Waals surface area contributed by atoms with Crippen molar-refractivity contribution in [3.05, 3.63) is 29.8 Å². The molecule has 4 nitrogen and oxygen atoms in total. The van der Waals surface area contributed by atoms with Crippen molar-refractivity contribution in [1.82, 2.24) is 10.2 Å². The summed E-state index contributed by atoms with van der Waals surface area (Å²) in [6.07, 6.45) is 3.76. The third-order valence-electron chi connectivity index (χ3n) is 4.47. The third-order valence-corrected chi connectivity index (χ3v) is 4.47. The highest BCUT2D eigenvalue weighted by Gasteiger charge is 2.36. The van der Waals surface area contributed by atoms with Gasteiger partial charge < -0.3 is 15.0 Å². The molecule has 2 aliphatic rings. The Morgan fingerprint density at radius 3 is 3.00 bits per heavy atom. The second kappa shape index (κ2) is 5.83. The van der Waals surface area contributed by atoms with E-state index < -0.39 is 0 Å². The first-order valence-corrected chi connectivity index (χ1v) is 7.45. The smallest absolute Gasteiger partial charge is 0.257 e. The van der Waals surface area contributed by atoms with Crippen LogP contribution in [0, 0.1) is 5.92 Å². The fourth-order valence-corrected chi connectivity index (χ4v) is 3.37. The minimum atomic E-state index is 0.0947. The topological polar surface area (TPSA) is 41.6 Å². The van der Waals surface area contributed by atoms with Gasteiger partial charge in [-0.1, -0.05) is 18.6 Å². The molecule has 2 unspecified atom stereocenters. The highest BCUT2D eigenvalue weighted by Crippen LogP contribution is 2.28. The lowest BCUT2D eigenvalue weighted by atomic mass is 9.99. The number of hydrogen-bond acceptors (Lipinski definition) is 3. The monoisotopic (exact) mass is 274 g/mol. The van der Waals surface area contributed by atoms with Gasteiger partial charge in [-0.2, -0.15) is 0 Å². The fraction of sp³-hybridized carbons (Fsp3) is 0.562. The summed E-state index contributed by atoms with van der Waals surface area (Å²) in [5, 5.41) is 3.58. The van der Waals surface area contributed by atoms with Crippen molar-refractivity contribution in [2.24, 2.45) is 5.92 Å². The van der Waals surface area contributed by atoms with E-state index in [2.05, 4.69) is 5.32 Å². The first-order chi connectivity index (χ1) is 9.79. The van der Waals surface area contributed by atoms with Gasteiger partial charge in [0, 0.05) is 19.1 Å². The van der Waals surface area contributed by atoms with Crippen molar-refractivity contribution in [3.63, 3.8) is 0 Å². The molecule has 2 aliphatic heterocycles. The Bertz CT molecular complexity index is 475. The van der Waals surface area contributed by atoms with Gasteiger partial charge in [-0.25, -0.2) is 0 Å². The molecule has 2 saturated heterocycles. The lowest BCUT2D eigenvalue weighted by Gasteiger charge is -2.18. The number of hydrogen-bond donors (Lipinski definition) is 1. The van der Waals surface area contributed by atoms with Crippen LogP contribution in [0.1, 0.15) is 29.6 Å². The first kappa shape index (κ1) is 13.4. The number of benzene rings is 1. The number of fused-ring (bicyclic) bond motifs is 1. The standard InChI is InChI=1S/C16H22N2O2/c1-20-15-8-3-2-7-13(15)16(19)18-10-12-6-4-5-9-17-14(12)11-18/h2-3,7-8,12,14,17H,4-6,9-11H2,1H3. The number of carbonyl (C=O) groups excluding carboxylic acids is 1. The van der Waals surface area contributed by atoms with Crippen LogP contribution in [-0.4, -0.2) is 43.6 Å². The summed E-state index contributed by atoms with van der Waals surface area (Å²) in [7, 11) is 1.61. The SMILES string of the molecule is COc1ccccc1C(=O)N1CC2CCCCNC2C1. The van der Waals surface area contributed by atoms with Gasteiger partial charge in [-0.15, -0.1) is 0 Å². The molecule has 1 amide bonds. The first-order valence-electron chi connectivity index (χ1n) is 7.45. The number of nitrogens with zero attached hydrogens (tertiary/aromatic N) is 1. The Balaban J connectivity index is 1.75. The third kappa shape index (κ3) is 2.52. The summed E-state index contributed by atoms with van der Waals surface area (Å²) in [4.78, 5) is 14.7. The normalized spacial score (nSPS) is 25.9. The molecule has 1 aromatic rings. The summed E-state index contributed by atoms with van der Waals surface area (Å²) in [6, 6.07) is 7.95. The number of amides is 1. The minimum Gasteiger partial charge on any atom is -0.496 e. The molecule has 0 aliphatic carbocycles. The molecule has 108 valence electrons. The van der Waals surface area contributed by atoms with Crippen molar-refractivity contribution in [1.29, 1.82) is 0 Å². The van der Waals surface area contributed by atoms with E-state index in [1.54, 1.807) is 7.11 Å². The largest absolute Gasteiger partial charge is 0.496 e. The molecule has 4 heteroatoms. The average Bonchev–Trinajstić information content (AvgIpc) is 2.77. The summed E-state index contributed by atoms with van der Waals surface area (Å²) in [6.45, 7) is 2.77. The van der Waals surface area contributed by atoms with Crippen LogP contribution in [-0.2, 0) is 0 Å². The second-order valence-corrected chi connectivity index (χ2v) is 5.73. The van der Waals surface area contributed by atoms with Crippen LogP contribution in [0.4, 0.5) is 0 Å². The number of rotatable bonds is 2. The molecule has 20 heavy (non-hydrogen) atoms. The van der Waals surface area contributed by atoms with Crippen LogP contribution < -0.4 is 10.1 Å². The predicted molar refractivity (Wildman–Crippen MR) is 78.0 cm³/mol. The Kier molecular flexibility index (Phi) is 3.92. The Morgan fingerprint density at radius 2 is 2.15 bits per heavy atom. The number of methoxy groups -OCH3 is 1. The van der Waals surface area contributed by atoms with E-state index in [9.17, 15) is 4.79 Å². The van der Waals surface area contributed by atoms with Crippen molar-refractivity contribution in [3.8, 4) is 5.75 Å². The van der Waals surface area contributed by atoms with Crippen molar-refractivity contribution >= 4 is 5.91 Å². The maximum absolute atomic E-state index is 12.7. The van der Waals surface area contributed by atoms with Gasteiger partial charge in [-0.3, -0.25) is 4.79 Å². The van der Waals surface area contributed by atoms with Gasteiger partial charge in [0.15, 0.2) is 0 Å². The van der Waals surface area contributed by atoms with E-state index >= 15 is 0 Å². The fourth-order valence-electron chi connectivity index (χ4n) is 3.37. The molecule has 2 fully saturated rings. The predicted octanol–water partition coefficient (Wildman–Crippen LogP) is 1.91. The van der Waals surface area contributed by atoms with Crippen LogP contribution >= 0.6 is 0 Å². The number of nitrogens with one attached hydrogen (secondary N) is 1. The van der Waals surface area contributed by atoms with E-state index in [0.29, 0.717) is 23.3 Å². The maximum Gasteiger partial charge on any atom is 0.257 e. The van der Waals surface area contributed by atoms with Crippen molar-refractivity contribution in [2.45, 2.75) is 25.3 Å². The number of carbonyl (C=O) groups is 1. The highest BCUT2D eigenvalue weighted by atomic mass is 16.5. The molecular weight excluding hydrogens is 252 g/mol. The van der Waals surface area contributed by atoms with Gasteiger partial charge in [0.2, 0.25) is 0 Å². The molecule has 0 aromatic heterocycles. The molecular formula is C16H22N2O2. The van der Waals surface area contributed by atoms with Gasteiger partial charge >= 0.3 is 0 Å². The van der Waals surface area contributed by atoms with Crippen LogP contribution in [0.3, 0.4) is 0 Å².